The topological polar surface area (TPSA) is 82.5 Å². The molecule has 8 heteroatoms. The highest BCUT2D eigenvalue weighted by molar-refractivity contribution is 7.99. The number of urea groups is 1. The number of thiazole rings is 1. The molecule has 92 valence electrons. The number of carboxylic acid groups (broad SMARTS) is 1. The fourth-order valence-electron chi connectivity index (χ4n) is 1.44. The molecule has 2 heterocycles. The maximum absolute atomic E-state index is 11.8. The van der Waals surface area contributed by atoms with E-state index in [9.17, 15) is 9.59 Å². The van der Waals surface area contributed by atoms with Gasteiger partial charge in [-0.05, 0) is 0 Å². The standard InChI is InChI=1S/C9H11N3O3S2/c13-8(14)6-4-16-5-12(6)9(15)11-3-7-10-1-2-17-7/h1-2,6H,3-5H2,(H,11,15)(H,13,14)/t6-/m0/s1. The Morgan fingerprint density at radius 1 is 1.65 bits per heavy atom. The zero-order chi connectivity index (χ0) is 12.3. The van der Waals surface area contributed by atoms with Crippen LogP contribution in [-0.2, 0) is 11.3 Å². The van der Waals surface area contributed by atoms with Crippen molar-refractivity contribution in [2.24, 2.45) is 0 Å². The van der Waals surface area contributed by atoms with Gasteiger partial charge in [0.2, 0.25) is 0 Å². The molecule has 1 aliphatic heterocycles. The van der Waals surface area contributed by atoms with Crippen molar-refractivity contribution >= 4 is 35.1 Å². The van der Waals surface area contributed by atoms with Crippen molar-refractivity contribution in [2.75, 3.05) is 11.6 Å². The third-order valence-electron chi connectivity index (χ3n) is 2.30. The second-order valence-electron chi connectivity index (χ2n) is 3.41. The minimum atomic E-state index is -0.959. The van der Waals surface area contributed by atoms with Gasteiger partial charge in [0.1, 0.15) is 11.0 Å². The van der Waals surface area contributed by atoms with Crippen LogP contribution in [0.2, 0.25) is 0 Å². The largest absolute Gasteiger partial charge is 0.480 e. The van der Waals surface area contributed by atoms with Crippen LogP contribution >= 0.6 is 23.1 Å². The first-order valence-electron chi connectivity index (χ1n) is 4.92. The van der Waals surface area contributed by atoms with Crippen LogP contribution in [0.1, 0.15) is 5.01 Å². The van der Waals surface area contributed by atoms with Crippen LogP contribution in [0.15, 0.2) is 11.6 Å². The summed E-state index contributed by atoms with van der Waals surface area (Å²) >= 11 is 2.89. The molecule has 0 radical (unpaired) electrons. The number of hydrogen-bond donors (Lipinski definition) is 2. The van der Waals surface area contributed by atoms with Crippen molar-refractivity contribution in [3.05, 3.63) is 16.6 Å². The van der Waals surface area contributed by atoms with Crippen molar-refractivity contribution in [1.29, 1.82) is 0 Å². The fraction of sp³-hybridized carbons (Fsp3) is 0.444. The summed E-state index contributed by atoms with van der Waals surface area (Å²) in [6, 6.07) is -1.08. The van der Waals surface area contributed by atoms with Gasteiger partial charge in [0.15, 0.2) is 0 Å². The van der Waals surface area contributed by atoms with Crippen LogP contribution < -0.4 is 5.32 Å². The van der Waals surface area contributed by atoms with Gasteiger partial charge in [-0.1, -0.05) is 0 Å². The number of nitrogens with zero attached hydrogens (tertiary/aromatic N) is 2. The molecule has 1 fully saturated rings. The Morgan fingerprint density at radius 3 is 3.12 bits per heavy atom. The number of carbonyl (C=O) groups is 2. The predicted molar refractivity (Wildman–Crippen MR) is 64.9 cm³/mol. The van der Waals surface area contributed by atoms with Gasteiger partial charge in [-0.15, -0.1) is 23.1 Å². The highest BCUT2D eigenvalue weighted by Gasteiger charge is 2.34. The lowest BCUT2D eigenvalue weighted by atomic mass is 10.3. The summed E-state index contributed by atoms with van der Waals surface area (Å²) in [5, 5.41) is 14.2. The Morgan fingerprint density at radius 2 is 2.47 bits per heavy atom. The highest BCUT2D eigenvalue weighted by Crippen LogP contribution is 2.20. The third kappa shape index (κ3) is 2.89. The van der Waals surface area contributed by atoms with Gasteiger partial charge >= 0.3 is 12.0 Å². The lowest BCUT2D eigenvalue weighted by molar-refractivity contribution is -0.140. The highest BCUT2D eigenvalue weighted by atomic mass is 32.2. The summed E-state index contributed by atoms with van der Waals surface area (Å²) in [5.41, 5.74) is 0. The van der Waals surface area contributed by atoms with Gasteiger partial charge in [-0.25, -0.2) is 14.6 Å². The molecule has 2 amide bonds. The van der Waals surface area contributed by atoms with E-state index in [1.54, 1.807) is 6.20 Å². The molecule has 1 saturated heterocycles. The lowest BCUT2D eigenvalue weighted by Gasteiger charge is -2.20. The molecule has 0 unspecified atom stereocenters. The maximum Gasteiger partial charge on any atom is 0.327 e. The molecule has 1 aliphatic rings. The summed E-state index contributed by atoms with van der Waals surface area (Å²) in [5.74, 6) is -0.0971. The van der Waals surface area contributed by atoms with Crippen LogP contribution in [-0.4, -0.2) is 44.7 Å². The third-order valence-corrected chi connectivity index (χ3v) is 4.09. The molecule has 1 aromatic heterocycles. The van der Waals surface area contributed by atoms with Crippen LogP contribution in [0.3, 0.4) is 0 Å². The normalized spacial score (nSPS) is 19.3. The van der Waals surface area contributed by atoms with E-state index in [1.807, 2.05) is 5.38 Å². The number of rotatable bonds is 3. The van der Waals surface area contributed by atoms with Crippen LogP contribution in [0.4, 0.5) is 4.79 Å². The number of amides is 2. The molecule has 1 aromatic rings. The molecule has 0 aromatic carbocycles. The Balaban J connectivity index is 1.89. The van der Waals surface area contributed by atoms with E-state index in [0.29, 0.717) is 18.2 Å². The first kappa shape index (κ1) is 12.2. The Labute approximate surface area is 106 Å². The second-order valence-corrected chi connectivity index (χ2v) is 5.39. The molecule has 0 saturated carbocycles. The summed E-state index contributed by atoms with van der Waals surface area (Å²) in [6.07, 6.45) is 1.66. The molecule has 2 N–H and O–H groups in total. The average Bonchev–Trinajstić information content (AvgIpc) is 2.96. The first-order chi connectivity index (χ1) is 8.18. The Bertz CT molecular complexity index is 410. The summed E-state index contributed by atoms with van der Waals surface area (Å²) in [6.45, 7) is 0.337. The number of thioether (sulfide) groups is 1. The van der Waals surface area contributed by atoms with E-state index in [1.165, 1.54) is 28.0 Å². The first-order valence-corrected chi connectivity index (χ1v) is 6.95. The van der Waals surface area contributed by atoms with Gasteiger partial charge in [0.05, 0.1) is 12.4 Å². The molecule has 0 bridgehead atoms. The maximum atomic E-state index is 11.8. The van der Waals surface area contributed by atoms with Crippen LogP contribution in [0.25, 0.3) is 0 Å². The molecular formula is C9H11N3O3S2. The van der Waals surface area contributed by atoms with E-state index in [0.717, 1.165) is 5.01 Å². The minimum absolute atomic E-state index is 0.337. The van der Waals surface area contributed by atoms with Crippen molar-refractivity contribution in [3.63, 3.8) is 0 Å². The van der Waals surface area contributed by atoms with Gasteiger partial charge in [0, 0.05) is 17.3 Å². The summed E-state index contributed by atoms with van der Waals surface area (Å²) in [7, 11) is 0. The number of nitrogens with one attached hydrogen (secondary N) is 1. The Hall–Kier alpha value is -1.28. The summed E-state index contributed by atoms with van der Waals surface area (Å²) in [4.78, 5) is 28.0. The zero-order valence-electron chi connectivity index (χ0n) is 8.83. The number of carboxylic acids is 1. The number of aromatic nitrogens is 1. The van der Waals surface area contributed by atoms with Crippen molar-refractivity contribution in [3.8, 4) is 0 Å². The Kier molecular flexibility index (Phi) is 3.85. The molecule has 2 rings (SSSR count). The van der Waals surface area contributed by atoms with Crippen molar-refractivity contribution in [2.45, 2.75) is 12.6 Å². The molecule has 6 nitrogen and oxygen atoms in total. The monoisotopic (exact) mass is 273 g/mol. The fourth-order valence-corrected chi connectivity index (χ4v) is 3.14. The van der Waals surface area contributed by atoms with E-state index in [4.69, 9.17) is 5.11 Å². The van der Waals surface area contributed by atoms with Gasteiger partial charge in [0.25, 0.3) is 0 Å². The summed E-state index contributed by atoms with van der Waals surface area (Å²) < 4.78 is 0. The van der Waals surface area contributed by atoms with E-state index < -0.39 is 12.0 Å². The van der Waals surface area contributed by atoms with E-state index in [-0.39, 0.29) is 6.03 Å². The van der Waals surface area contributed by atoms with Crippen LogP contribution in [0.5, 0.6) is 0 Å². The smallest absolute Gasteiger partial charge is 0.327 e. The van der Waals surface area contributed by atoms with Crippen molar-refractivity contribution < 1.29 is 14.7 Å². The zero-order valence-corrected chi connectivity index (χ0v) is 10.5. The SMILES string of the molecule is O=C(O)[C@@H]1CSCN1C(=O)NCc1nccs1. The van der Waals surface area contributed by atoms with E-state index in [2.05, 4.69) is 10.3 Å². The van der Waals surface area contributed by atoms with Gasteiger partial charge in [-0.3, -0.25) is 0 Å². The number of hydrogen-bond acceptors (Lipinski definition) is 5. The van der Waals surface area contributed by atoms with Gasteiger partial charge < -0.3 is 15.3 Å². The number of carbonyl (C=O) groups excluding carboxylic acids is 1. The molecule has 17 heavy (non-hydrogen) atoms. The molecular weight excluding hydrogens is 262 g/mol. The van der Waals surface area contributed by atoms with Gasteiger partial charge in [-0.2, -0.15) is 0 Å². The average molecular weight is 273 g/mol. The quantitative estimate of drug-likeness (QED) is 0.851. The van der Waals surface area contributed by atoms with E-state index >= 15 is 0 Å². The number of aliphatic carboxylic acids is 1. The molecule has 1 atom stereocenters. The molecule has 0 spiro atoms. The minimum Gasteiger partial charge on any atom is -0.480 e. The molecule has 0 aliphatic carbocycles. The van der Waals surface area contributed by atoms with Crippen molar-refractivity contribution in [1.82, 2.24) is 15.2 Å². The second kappa shape index (κ2) is 5.37. The lowest BCUT2D eigenvalue weighted by Crippen LogP contribution is -2.46. The van der Waals surface area contributed by atoms with Crippen LogP contribution in [0, 0.1) is 0 Å². The predicted octanol–water partition coefficient (Wildman–Crippen LogP) is 0.812.